The van der Waals surface area contributed by atoms with Crippen molar-refractivity contribution in [1.82, 2.24) is 5.32 Å². The molecule has 6 heteroatoms. The first-order chi connectivity index (χ1) is 10.5. The molecule has 2 rings (SSSR count). The highest BCUT2D eigenvalue weighted by Gasteiger charge is 2.07. The average molecular weight is 334 g/mol. The van der Waals surface area contributed by atoms with Gasteiger partial charge in [0.05, 0.1) is 6.04 Å². The van der Waals surface area contributed by atoms with Crippen molar-refractivity contribution >= 4 is 40.5 Å². The van der Waals surface area contributed by atoms with E-state index in [2.05, 4.69) is 10.6 Å². The molecule has 0 bridgehead atoms. The maximum Gasteiger partial charge on any atom is 0.248 e. The molecular formula is C16H16ClN3OS. The lowest BCUT2D eigenvalue weighted by Gasteiger charge is -2.17. The Hall–Kier alpha value is -2.11. The zero-order chi connectivity index (χ0) is 16.1. The van der Waals surface area contributed by atoms with E-state index < -0.39 is 5.91 Å². The zero-order valence-corrected chi connectivity index (χ0v) is 13.5. The van der Waals surface area contributed by atoms with E-state index >= 15 is 0 Å². The summed E-state index contributed by atoms with van der Waals surface area (Å²) in [6, 6.07) is 14.4. The van der Waals surface area contributed by atoms with Crippen molar-refractivity contribution in [2.45, 2.75) is 13.0 Å². The molecule has 22 heavy (non-hydrogen) atoms. The fourth-order valence-electron chi connectivity index (χ4n) is 1.92. The number of primary amides is 1. The van der Waals surface area contributed by atoms with E-state index in [0.29, 0.717) is 15.7 Å². The number of hydrogen-bond acceptors (Lipinski definition) is 2. The summed E-state index contributed by atoms with van der Waals surface area (Å²) in [5, 5.41) is 7.44. The van der Waals surface area contributed by atoms with Crippen molar-refractivity contribution < 1.29 is 4.79 Å². The van der Waals surface area contributed by atoms with Crippen molar-refractivity contribution in [3.63, 3.8) is 0 Å². The predicted molar refractivity (Wildman–Crippen MR) is 94.2 cm³/mol. The molecule has 0 unspecified atom stereocenters. The fraction of sp³-hybridized carbons (Fsp3) is 0.125. The molecule has 2 aromatic rings. The topological polar surface area (TPSA) is 67.2 Å². The second kappa shape index (κ2) is 7.24. The Morgan fingerprint density at radius 2 is 1.73 bits per heavy atom. The van der Waals surface area contributed by atoms with E-state index in [9.17, 15) is 4.79 Å². The third-order valence-corrected chi connectivity index (χ3v) is 3.62. The van der Waals surface area contributed by atoms with Crippen molar-refractivity contribution in [2.24, 2.45) is 5.73 Å². The molecule has 0 saturated heterocycles. The number of amides is 1. The van der Waals surface area contributed by atoms with Crippen LogP contribution in [0, 0.1) is 0 Å². The van der Waals surface area contributed by atoms with Crippen molar-refractivity contribution in [2.75, 3.05) is 5.32 Å². The van der Waals surface area contributed by atoms with Gasteiger partial charge in [-0.25, -0.2) is 0 Å². The van der Waals surface area contributed by atoms with Crippen LogP contribution in [0.2, 0.25) is 5.02 Å². The molecule has 0 radical (unpaired) electrons. The number of benzene rings is 2. The number of anilines is 1. The monoisotopic (exact) mass is 333 g/mol. The van der Waals surface area contributed by atoms with Crippen molar-refractivity contribution in [1.29, 1.82) is 0 Å². The molecule has 4 N–H and O–H groups in total. The van der Waals surface area contributed by atoms with Crippen molar-refractivity contribution in [3.8, 4) is 0 Å². The molecule has 0 aliphatic heterocycles. The third-order valence-electron chi connectivity index (χ3n) is 3.14. The molecule has 1 amide bonds. The van der Waals surface area contributed by atoms with Gasteiger partial charge in [0.2, 0.25) is 5.91 Å². The second-order valence-corrected chi connectivity index (χ2v) is 5.66. The molecule has 0 aromatic heterocycles. The Balaban J connectivity index is 1.94. The first-order valence-electron chi connectivity index (χ1n) is 6.68. The first kappa shape index (κ1) is 16.3. The Bertz CT molecular complexity index is 671. The predicted octanol–water partition coefficient (Wildman–Crippen LogP) is 3.49. The standard InChI is InChI=1S/C16H16ClN3OS/c1-10(11-2-6-13(17)7-3-11)19-16(22)20-14-8-4-12(5-9-14)15(18)21/h2-10H,1H3,(H2,18,21)(H2,19,20,22)/t10-/m1/s1. The van der Waals surface area contributed by atoms with Crippen LogP contribution in [-0.4, -0.2) is 11.0 Å². The van der Waals surface area contributed by atoms with Gasteiger partial charge in [-0.3, -0.25) is 4.79 Å². The first-order valence-corrected chi connectivity index (χ1v) is 7.47. The summed E-state index contributed by atoms with van der Waals surface area (Å²) in [5.74, 6) is -0.455. The zero-order valence-electron chi connectivity index (χ0n) is 12.0. The van der Waals surface area contributed by atoms with E-state index in [1.165, 1.54) is 0 Å². The van der Waals surface area contributed by atoms with Crippen LogP contribution < -0.4 is 16.4 Å². The van der Waals surface area contributed by atoms with Gasteiger partial charge in [0.15, 0.2) is 5.11 Å². The largest absolute Gasteiger partial charge is 0.366 e. The lowest BCUT2D eigenvalue weighted by Crippen LogP contribution is -2.30. The molecule has 0 saturated carbocycles. The highest BCUT2D eigenvalue weighted by atomic mass is 35.5. The van der Waals surface area contributed by atoms with Gasteiger partial charge in [-0.1, -0.05) is 23.7 Å². The number of carbonyl (C=O) groups is 1. The molecule has 0 aliphatic carbocycles. The SMILES string of the molecule is C[C@@H](NC(=S)Nc1ccc(C(N)=O)cc1)c1ccc(Cl)cc1. The fourth-order valence-corrected chi connectivity index (χ4v) is 2.34. The van der Waals surface area contributed by atoms with Crippen LogP contribution in [0.15, 0.2) is 48.5 Å². The number of thiocarbonyl (C=S) groups is 1. The normalized spacial score (nSPS) is 11.5. The number of hydrogen-bond donors (Lipinski definition) is 3. The van der Waals surface area contributed by atoms with Crippen LogP contribution >= 0.6 is 23.8 Å². The van der Waals surface area contributed by atoms with E-state index in [1.54, 1.807) is 24.3 Å². The highest BCUT2D eigenvalue weighted by molar-refractivity contribution is 7.80. The maximum atomic E-state index is 11.0. The molecule has 0 fully saturated rings. The summed E-state index contributed by atoms with van der Waals surface area (Å²) in [6.45, 7) is 2.01. The average Bonchev–Trinajstić information content (AvgIpc) is 2.48. The van der Waals surface area contributed by atoms with Crippen LogP contribution in [0.4, 0.5) is 5.69 Å². The summed E-state index contributed by atoms with van der Waals surface area (Å²) in [5.41, 5.74) is 7.52. The Morgan fingerprint density at radius 3 is 2.27 bits per heavy atom. The number of nitrogens with one attached hydrogen (secondary N) is 2. The molecule has 114 valence electrons. The summed E-state index contributed by atoms with van der Waals surface area (Å²) >= 11 is 11.2. The van der Waals surface area contributed by atoms with Crippen LogP contribution in [-0.2, 0) is 0 Å². The molecule has 0 spiro atoms. The van der Waals surface area contributed by atoms with E-state index in [-0.39, 0.29) is 6.04 Å². The molecule has 2 aromatic carbocycles. The number of carbonyl (C=O) groups excluding carboxylic acids is 1. The van der Waals surface area contributed by atoms with Gasteiger partial charge in [-0.05, 0) is 61.1 Å². The maximum absolute atomic E-state index is 11.0. The minimum Gasteiger partial charge on any atom is -0.366 e. The number of rotatable bonds is 4. The Labute approximate surface area is 139 Å². The minimum atomic E-state index is -0.455. The van der Waals surface area contributed by atoms with E-state index in [4.69, 9.17) is 29.6 Å². The van der Waals surface area contributed by atoms with Gasteiger partial charge < -0.3 is 16.4 Å². The summed E-state index contributed by atoms with van der Waals surface area (Å²) in [4.78, 5) is 11.0. The van der Waals surface area contributed by atoms with Crippen LogP contribution in [0.25, 0.3) is 0 Å². The number of halogens is 1. The van der Waals surface area contributed by atoms with Crippen molar-refractivity contribution in [3.05, 3.63) is 64.7 Å². The van der Waals surface area contributed by atoms with Gasteiger partial charge in [-0.2, -0.15) is 0 Å². The van der Waals surface area contributed by atoms with Gasteiger partial charge in [0.25, 0.3) is 0 Å². The summed E-state index contributed by atoms with van der Waals surface area (Å²) in [7, 11) is 0. The molecule has 4 nitrogen and oxygen atoms in total. The minimum absolute atomic E-state index is 0.0437. The van der Waals surface area contributed by atoms with Gasteiger partial charge in [0.1, 0.15) is 0 Å². The van der Waals surface area contributed by atoms with Crippen LogP contribution in [0.1, 0.15) is 28.9 Å². The van der Waals surface area contributed by atoms with Gasteiger partial charge in [0, 0.05) is 16.3 Å². The smallest absolute Gasteiger partial charge is 0.248 e. The van der Waals surface area contributed by atoms with E-state index in [1.807, 2.05) is 31.2 Å². The Morgan fingerprint density at radius 1 is 1.14 bits per heavy atom. The lowest BCUT2D eigenvalue weighted by atomic mass is 10.1. The molecule has 0 aliphatic rings. The second-order valence-electron chi connectivity index (χ2n) is 4.81. The molecule has 0 heterocycles. The van der Waals surface area contributed by atoms with E-state index in [0.717, 1.165) is 11.3 Å². The van der Waals surface area contributed by atoms with Gasteiger partial charge in [-0.15, -0.1) is 0 Å². The third kappa shape index (κ3) is 4.44. The summed E-state index contributed by atoms with van der Waals surface area (Å²) in [6.07, 6.45) is 0. The number of nitrogens with two attached hydrogens (primary N) is 1. The summed E-state index contributed by atoms with van der Waals surface area (Å²) < 4.78 is 0. The molecular weight excluding hydrogens is 318 g/mol. The van der Waals surface area contributed by atoms with Crippen LogP contribution in [0.3, 0.4) is 0 Å². The molecule has 1 atom stereocenters. The Kier molecular flexibility index (Phi) is 5.35. The quantitative estimate of drug-likeness (QED) is 0.749. The lowest BCUT2D eigenvalue weighted by molar-refractivity contribution is 0.100. The van der Waals surface area contributed by atoms with Crippen LogP contribution in [0.5, 0.6) is 0 Å². The van der Waals surface area contributed by atoms with Gasteiger partial charge >= 0.3 is 0 Å². The highest BCUT2D eigenvalue weighted by Crippen LogP contribution is 2.16.